The van der Waals surface area contributed by atoms with E-state index in [-0.39, 0.29) is 17.9 Å². The van der Waals surface area contributed by atoms with E-state index in [9.17, 15) is 9.90 Å². The molecule has 0 saturated heterocycles. The van der Waals surface area contributed by atoms with Crippen molar-refractivity contribution in [1.82, 2.24) is 0 Å². The van der Waals surface area contributed by atoms with E-state index in [1.54, 1.807) is 6.92 Å². The molecule has 0 aromatic heterocycles. The van der Waals surface area contributed by atoms with E-state index in [0.29, 0.717) is 5.92 Å². The summed E-state index contributed by atoms with van der Waals surface area (Å²) >= 11 is 0. The number of aliphatic hydroxyl groups is 1. The Labute approximate surface area is 199 Å². The molecule has 0 aromatic carbocycles. The van der Waals surface area contributed by atoms with Gasteiger partial charge in [-0.3, -0.25) is 4.79 Å². The molecule has 0 amide bonds. The molecular weight excluding hydrogens is 415 g/mol. The van der Waals surface area contributed by atoms with Crippen molar-refractivity contribution in [2.24, 2.45) is 17.8 Å². The molecule has 4 heteroatoms. The number of hydrogen-bond acceptors (Lipinski definition) is 2. The second kappa shape index (κ2) is 14.9. The van der Waals surface area contributed by atoms with E-state index in [0.717, 1.165) is 51.4 Å². The van der Waals surface area contributed by atoms with Gasteiger partial charge in [-0.25, -0.2) is 0 Å². The summed E-state index contributed by atoms with van der Waals surface area (Å²) in [4.78, 5) is 10.9. The lowest BCUT2D eigenvalue weighted by molar-refractivity contribution is -0.141. The fourth-order valence-electron chi connectivity index (χ4n) is 4.13. The molecule has 1 rings (SSSR count). The zero-order valence-corrected chi connectivity index (χ0v) is 22.4. The van der Waals surface area contributed by atoms with Crippen LogP contribution < -0.4 is 0 Å². The number of carbonyl (C=O) groups is 1. The Kier molecular flexibility index (Phi) is 13.4. The molecule has 0 fully saturated rings. The molecular formula is C28H47O3P. The molecule has 1 aliphatic carbocycles. The van der Waals surface area contributed by atoms with Crippen molar-refractivity contribution in [3.63, 3.8) is 0 Å². The molecule has 0 radical (unpaired) electrons. The Balaban J connectivity index is 2.27. The zero-order valence-electron chi connectivity index (χ0n) is 21.3. The maximum Gasteiger partial charge on any atom is 0.306 e. The Morgan fingerprint density at radius 1 is 1.09 bits per heavy atom. The normalized spacial score (nSPS) is 22.1. The predicted octanol–water partition coefficient (Wildman–Crippen LogP) is 7.83. The van der Waals surface area contributed by atoms with Gasteiger partial charge in [0.25, 0.3) is 0 Å². The summed E-state index contributed by atoms with van der Waals surface area (Å²) in [5.41, 5.74) is 5.45. The molecule has 3 nitrogen and oxygen atoms in total. The second-order valence-corrected chi connectivity index (χ2v) is 10.6. The van der Waals surface area contributed by atoms with Gasteiger partial charge in [0.05, 0.1) is 12.0 Å². The molecule has 2 unspecified atom stereocenters. The third-order valence-corrected chi connectivity index (χ3v) is 7.88. The van der Waals surface area contributed by atoms with Gasteiger partial charge in [-0.1, -0.05) is 55.7 Å². The third kappa shape index (κ3) is 10.6. The Morgan fingerprint density at radius 3 is 2.22 bits per heavy atom. The number of carboxylic acid groups (broad SMARTS) is 1. The molecule has 0 heterocycles. The van der Waals surface area contributed by atoms with Crippen molar-refractivity contribution in [3.8, 4) is 0 Å². The zero-order chi connectivity index (χ0) is 24.3. The molecule has 0 saturated carbocycles. The lowest BCUT2D eigenvalue weighted by Gasteiger charge is -2.27. The maximum atomic E-state index is 10.9. The fourth-order valence-corrected chi connectivity index (χ4v) is 4.63. The maximum absolute atomic E-state index is 10.9. The molecule has 0 spiro atoms. The average molecular weight is 463 g/mol. The van der Waals surface area contributed by atoms with Crippen LogP contribution in [0.15, 0.2) is 45.8 Å². The Hall–Kier alpha value is -1.18. The molecule has 32 heavy (non-hydrogen) atoms. The Bertz CT molecular complexity index is 729. The van der Waals surface area contributed by atoms with E-state index < -0.39 is 5.97 Å². The van der Waals surface area contributed by atoms with Crippen molar-refractivity contribution in [1.29, 1.82) is 0 Å². The van der Waals surface area contributed by atoms with Crippen molar-refractivity contribution in [2.45, 2.75) is 105 Å². The summed E-state index contributed by atoms with van der Waals surface area (Å²) in [6.07, 6.45) is 15.8. The summed E-state index contributed by atoms with van der Waals surface area (Å²) in [5.74, 6) is -0.0684. The van der Waals surface area contributed by atoms with Crippen LogP contribution in [-0.2, 0) is 4.79 Å². The first kappa shape index (κ1) is 28.9. The first-order chi connectivity index (χ1) is 15.0. The molecule has 2 N–H and O–H groups in total. The minimum atomic E-state index is -0.702. The quantitative estimate of drug-likeness (QED) is 0.204. The van der Waals surface area contributed by atoms with Gasteiger partial charge in [0.1, 0.15) is 0 Å². The van der Waals surface area contributed by atoms with Crippen molar-refractivity contribution < 1.29 is 15.0 Å². The first-order valence-corrected chi connectivity index (χ1v) is 13.0. The van der Waals surface area contributed by atoms with Crippen LogP contribution in [0, 0.1) is 17.8 Å². The predicted molar refractivity (Wildman–Crippen MR) is 141 cm³/mol. The van der Waals surface area contributed by atoms with Crippen LogP contribution >= 0.6 is 9.24 Å². The van der Waals surface area contributed by atoms with E-state index in [1.807, 2.05) is 0 Å². The number of carboxylic acids is 1. The van der Waals surface area contributed by atoms with Crippen molar-refractivity contribution in [3.05, 3.63) is 45.8 Å². The topological polar surface area (TPSA) is 57.5 Å². The number of aliphatic carboxylic acids is 1. The van der Waals surface area contributed by atoms with Crippen LogP contribution in [0.3, 0.4) is 0 Å². The minimum absolute atomic E-state index is 0.219. The summed E-state index contributed by atoms with van der Waals surface area (Å²) in [7, 11) is 2.88. The highest BCUT2D eigenvalue weighted by molar-refractivity contribution is 7.23. The lowest BCUT2D eigenvalue weighted by atomic mass is 9.85. The van der Waals surface area contributed by atoms with E-state index in [1.165, 1.54) is 34.0 Å². The number of hydrogen-bond donors (Lipinski definition) is 2. The van der Waals surface area contributed by atoms with Crippen LogP contribution in [0.5, 0.6) is 0 Å². The van der Waals surface area contributed by atoms with Gasteiger partial charge in [-0.05, 0) is 95.4 Å². The van der Waals surface area contributed by atoms with Crippen LogP contribution in [0.4, 0.5) is 0 Å². The molecule has 0 aromatic rings. The summed E-state index contributed by atoms with van der Waals surface area (Å²) in [6.45, 7) is 12.7. The molecule has 0 aliphatic heterocycles. The first-order valence-electron chi connectivity index (χ1n) is 12.4. The lowest BCUT2D eigenvalue weighted by Crippen LogP contribution is -2.21. The van der Waals surface area contributed by atoms with Gasteiger partial charge in [-0.15, -0.1) is 9.24 Å². The van der Waals surface area contributed by atoms with Crippen LogP contribution in [-0.4, -0.2) is 22.3 Å². The number of allylic oxidation sites excluding steroid dienone is 6. The van der Waals surface area contributed by atoms with Gasteiger partial charge in [0.15, 0.2) is 0 Å². The SMILES string of the molecule is CC1=C(P)C(CC[C@H](C)CC/C=C(\C)CCC/C(C)=C/CCC(C)C(=O)O)=C[C@H](O)[C@@H]1C. The van der Waals surface area contributed by atoms with Gasteiger partial charge in [-0.2, -0.15) is 0 Å². The second-order valence-electron chi connectivity index (χ2n) is 10.1. The molecule has 1 aliphatic rings. The van der Waals surface area contributed by atoms with Gasteiger partial charge >= 0.3 is 5.97 Å². The van der Waals surface area contributed by atoms with Gasteiger partial charge in [0, 0.05) is 5.92 Å². The Morgan fingerprint density at radius 2 is 1.66 bits per heavy atom. The van der Waals surface area contributed by atoms with E-state index in [2.05, 4.69) is 62.1 Å². The minimum Gasteiger partial charge on any atom is -0.481 e. The molecule has 5 atom stereocenters. The van der Waals surface area contributed by atoms with E-state index >= 15 is 0 Å². The standard InChI is InChI=1S/C28H47O3P/c1-19(10-7-11-20(2)14-9-15-22(4)28(30)31)12-8-13-21(3)16-17-25-18-26(29)23(5)24(6)27(25)32/h12,14,18,21-23,26,29H,7-11,13,15-17,32H2,1-6H3,(H,30,31)/b19-12+,20-14+/t21-,22?,23-,26+/m1/s1. The largest absolute Gasteiger partial charge is 0.481 e. The fraction of sp³-hybridized carbons (Fsp3) is 0.679. The summed E-state index contributed by atoms with van der Waals surface area (Å²) in [6, 6.07) is 0. The smallest absolute Gasteiger partial charge is 0.306 e. The monoisotopic (exact) mass is 462 g/mol. The third-order valence-electron chi connectivity index (χ3n) is 7.05. The van der Waals surface area contributed by atoms with Crippen LogP contribution in [0.2, 0.25) is 0 Å². The summed E-state index contributed by atoms with van der Waals surface area (Å²) in [5, 5.41) is 20.5. The van der Waals surface area contributed by atoms with Crippen LogP contribution in [0.25, 0.3) is 0 Å². The highest BCUT2D eigenvalue weighted by atomic mass is 31.0. The van der Waals surface area contributed by atoms with Crippen molar-refractivity contribution >= 4 is 15.2 Å². The number of rotatable bonds is 14. The van der Waals surface area contributed by atoms with Crippen LogP contribution in [0.1, 0.15) is 99.3 Å². The highest BCUT2D eigenvalue weighted by Gasteiger charge is 2.22. The number of aliphatic hydroxyl groups excluding tert-OH is 1. The molecule has 0 bridgehead atoms. The molecule has 182 valence electrons. The average Bonchev–Trinajstić information content (AvgIpc) is 2.73. The van der Waals surface area contributed by atoms with Gasteiger partial charge < -0.3 is 10.2 Å². The highest BCUT2D eigenvalue weighted by Crippen LogP contribution is 2.36. The van der Waals surface area contributed by atoms with Gasteiger partial charge in [0.2, 0.25) is 0 Å². The van der Waals surface area contributed by atoms with E-state index in [4.69, 9.17) is 5.11 Å². The van der Waals surface area contributed by atoms with Crippen molar-refractivity contribution in [2.75, 3.05) is 0 Å². The summed E-state index contributed by atoms with van der Waals surface area (Å²) < 4.78 is 0.